The lowest BCUT2D eigenvalue weighted by molar-refractivity contribution is -0.118. The molecule has 2 heterocycles. The average molecular weight is 440 g/mol. The minimum absolute atomic E-state index is 0.114. The van der Waals surface area contributed by atoms with E-state index in [1.165, 1.54) is 0 Å². The van der Waals surface area contributed by atoms with Crippen LogP contribution in [0.15, 0.2) is 47.5 Å². The van der Waals surface area contributed by atoms with Crippen LogP contribution in [0.5, 0.6) is 23.0 Å². The third-order valence-electron chi connectivity index (χ3n) is 5.44. The monoisotopic (exact) mass is 440 g/mol. The SMILES string of the molecule is COc1ccc(OCCC(=O)N=C(CN2CCC2)[C@H](O)c2ccc3c(c2)OCCO3)cc1. The smallest absolute Gasteiger partial charge is 0.249 e. The second kappa shape index (κ2) is 10.5. The molecular formula is C24H28N2O6. The number of nitrogens with zero attached hydrogens (tertiary/aromatic N) is 2. The van der Waals surface area contributed by atoms with Gasteiger partial charge < -0.3 is 24.1 Å². The largest absolute Gasteiger partial charge is 0.497 e. The van der Waals surface area contributed by atoms with E-state index in [9.17, 15) is 9.90 Å². The maximum Gasteiger partial charge on any atom is 0.249 e. The Kier molecular flexibility index (Phi) is 7.24. The Labute approximate surface area is 187 Å². The van der Waals surface area contributed by atoms with Crippen molar-refractivity contribution in [3.63, 3.8) is 0 Å². The molecule has 1 amide bonds. The summed E-state index contributed by atoms with van der Waals surface area (Å²) in [4.78, 5) is 19.0. The minimum atomic E-state index is -1.00. The van der Waals surface area contributed by atoms with E-state index >= 15 is 0 Å². The highest BCUT2D eigenvalue weighted by Gasteiger charge is 2.24. The number of aliphatic hydroxyl groups is 1. The van der Waals surface area contributed by atoms with Gasteiger partial charge >= 0.3 is 0 Å². The molecule has 0 aliphatic carbocycles. The highest BCUT2D eigenvalue weighted by atomic mass is 16.6. The molecule has 2 aliphatic heterocycles. The van der Waals surface area contributed by atoms with Crippen LogP contribution in [0.2, 0.25) is 0 Å². The van der Waals surface area contributed by atoms with Crippen LogP contribution in [-0.2, 0) is 4.79 Å². The summed E-state index contributed by atoms with van der Waals surface area (Å²) in [6.45, 7) is 3.48. The van der Waals surface area contributed by atoms with Crippen LogP contribution in [0.4, 0.5) is 0 Å². The van der Waals surface area contributed by atoms with E-state index in [1.54, 1.807) is 49.6 Å². The Balaban J connectivity index is 1.40. The van der Waals surface area contributed by atoms with E-state index in [1.807, 2.05) is 0 Å². The molecule has 2 aliphatic rings. The van der Waals surface area contributed by atoms with Crippen molar-refractivity contribution in [1.29, 1.82) is 0 Å². The van der Waals surface area contributed by atoms with E-state index in [2.05, 4.69) is 9.89 Å². The highest BCUT2D eigenvalue weighted by Crippen LogP contribution is 2.33. The first-order chi connectivity index (χ1) is 15.6. The number of carbonyl (C=O) groups is 1. The fraction of sp³-hybridized carbons (Fsp3) is 0.417. The van der Waals surface area contributed by atoms with Crippen LogP contribution in [0, 0.1) is 0 Å². The van der Waals surface area contributed by atoms with E-state index < -0.39 is 6.10 Å². The summed E-state index contributed by atoms with van der Waals surface area (Å²) in [7, 11) is 1.60. The fourth-order valence-corrected chi connectivity index (χ4v) is 3.52. The number of aliphatic hydroxyl groups excluding tert-OH is 1. The van der Waals surface area contributed by atoms with Crippen molar-refractivity contribution >= 4 is 11.6 Å². The predicted molar refractivity (Wildman–Crippen MR) is 119 cm³/mol. The van der Waals surface area contributed by atoms with E-state index in [0.29, 0.717) is 48.3 Å². The zero-order valence-corrected chi connectivity index (χ0v) is 18.2. The van der Waals surface area contributed by atoms with Crippen molar-refractivity contribution in [3.05, 3.63) is 48.0 Å². The van der Waals surface area contributed by atoms with Crippen LogP contribution in [0.25, 0.3) is 0 Å². The molecule has 0 spiro atoms. The van der Waals surface area contributed by atoms with Crippen molar-refractivity contribution in [2.45, 2.75) is 18.9 Å². The lowest BCUT2D eigenvalue weighted by atomic mass is 10.0. The first-order valence-electron chi connectivity index (χ1n) is 10.8. The number of hydrogen-bond acceptors (Lipinski definition) is 7. The Morgan fingerprint density at radius 1 is 1.09 bits per heavy atom. The van der Waals surface area contributed by atoms with Crippen LogP contribution in [0.1, 0.15) is 24.5 Å². The van der Waals surface area contributed by atoms with Gasteiger partial charge in [-0.05, 0) is 61.5 Å². The van der Waals surface area contributed by atoms with Crippen molar-refractivity contribution in [3.8, 4) is 23.0 Å². The van der Waals surface area contributed by atoms with Gasteiger partial charge in [0.25, 0.3) is 0 Å². The van der Waals surface area contributed by atoms with Crippen LogP contribution in [-0.4, -0.2) is 68.2 Å². The second-order valence-electron chi connectivity index (χ2n) is 7.71. The van der Waals surface area contributed by atoms with Crippen molar-refractivity contribution in [1.82, 2.24) is 4.90 Å². The van der Waals surface area contributed by atoms with Crippen molar-refractivity contribution < 1.29 is 28.8 Å². The van der Waals surface area contributed by atoms with Gasteiger partial charge in [-0.15, -0.1) is 0 Å². The number of amides is 1. The molecule has 0 saturated carbocycles. The van der Waals surface area contributed by atoms with Gasteiger partial charge in [-0.2, -0.15) is 0 Å². The van der Waals surface area contributed by atoms with Gasteiger partial charge in [0.1, 0.15) is 30.8 Å². The Morgan fingerprint density at radius 2 is 1.81 bits per heavy atom. The van der Waals surface area contributed by atoms with Gasteiger partial charge in [0, 0.05) is 6.54 Å². The molecule has 32 heavy (non-hydrogen) atoms. The van der Waals surface area contributed by atoms with Gasteiger partial charge in [0.15, 0.2) is 11.5 Å². The minimum Gasteiger partial charge on any atom is -0.497 e. The summed E-state index contributed by atoms with van der Waals surface area (Å²) in [5, 5.41) is 11.0. The first kappa shape index (κ1) is 22.1. The van der Waals surface area contributed by atoms with Gasteiger partial charge in [0.2, 0.25) is 5.91 Å². The van der Waals surface area contributed by atoms with Crippen LogP contribution >= 0.6 is 0 Å². The fourth-order valence-electron chi connectivity index (χ4n) is 3.52. The van der Waals surface area contributed by atoms with E-state index in [0.717, 1.165) is 25.3 Å². The molecule has 8 nitrogen and oxygen atoms in total. The summed E-state index contributed by atoms with van der Waals surface area (Å²) in [5.74, 6) is 2.31. The summed E-state index contributed by atoms with van der Waals surface area (Å²) in [6, 6.07) is 12.5. The number of carbonyl (C=O) groups excluding carboxylic acids is 1. The molecule has 0 aromatic heterocycles. The average Bonchev–Trinajstić information content (AvgIpc) is 2.80. The normalized spacial score (nSPS) is 16.8. The highest BCUT2D eigenvalue weighted by molar-refractivity contribution is 6.00. The number of ether oxygens (including phenoxy) is 4. The number of aliphatic imine (C=N–C) groups is 1. The van der Waals surface area contributed by atoms with Crippen molar-refractivity contribution in [2.75, 3.05) is 46.6 Å². The molecule has 2 aromatic rings. The summed E-state index contributed by atoms with van der Waals surface area (Å²) in [5.41, 5.74) is 1.05. The zero-order chi connectivity index (χ0) is 22.3. The van der Waals surface area contributed by atoms with Gasteiger partial charge in [0.05, 0.1) is 25.8 Å². The molecular weight excluding hydrogens is 412 g/mol. The molecule has 1 fully saturated rings. The van der Waals surface area contributed by atoms with Gasteiger partial charge in [-0.1, -0.05) is 6.07 Å². The zero-order valence-electron chi connectivity index (χ0n) is 18.2. The Morgan fingerprint density at radius 3 is 2.50 bits per heavy atom. The summed E-state index contributed by atoms with van der Waals surface area (Å²) < 4.78 is 21.9. The maximum absolute atomic E-state index is 12.5. The molecule has 1 N–H and O–H groups in total. The van der Waals surface area contributed by atoms with Gasteiger partial charge in [-0.25, -0.2) is 4.99 Å². The quantitative estimate of drug-likeness (QED) is 0.600. The molecule has 0 unspecified atom stereocenters. The number of hydrogen-bond donors (Lipinski definition) is 1. The Bertz CT molecular complexity index is 955. The standard InChI is InChI=1S/C24H28N2O6/c1-29-18-4-6-19(7-5-18)30-12-9-23(27)25-20(16-26-10-2-11-26)24(28)17-3-8-21-22(15-17)32-14-13-31-21/h3-8,15,24,28H,2,9-14,16H2,1H3/t24-/m1/s1. The molecule has 1 atom stereocenters. The van der Waals surface area contributed by atoms with E-state index in [4.69, 9.17) is 18.9 Å². The summed E-state index contributed by atoms with van der Waals surface area (Å²) in [6.07, 6.45) is 0.221. The third-order valence-corrected chi connectivity index (χ3v) is 5.44. The molecule has 0 bridgehead atoms. The molecule has 0 radical (unpaired) electrons. The molecule has 1 saturated heterocycles. The Hall–Kier alpha value is -3.10. The van der Waals surface area contributed by atoms with Gasteiger partial charge in [-0.3, -0.25) is 9.69 Å². The predicted octanol–water partition coefficient (Wildman–Crippen LogP) is 2.64. The molecule has 8 heteroatoms. The lowest BCUT2D eigenvalue weighted by Gasteiger charge is -2.32. The number of methoxy groups -OCH3 is 1. The number of benzene rings is 2. The lowest BCUT2D eigenvalue weighted by Crippen LogP contribution is -2.42. The molecule has 2 aromatic carbocycles. The van der Waals surface area contributed by atoms with E-state index in [-0.39, 0.29) is 18.9 Å². The number of rotatable bonds is 9. The van der Waals surface area contributed by atoms with Crippen molar-refractivity contribution in [2.24, 2.45) is 4.99 Å². The van der Waals surface area contributed by atoms with Crippen LogP contribution in [0.3, 0.4) is 0 Å². The third kappa shape index (κ3) is 5.57. The maximum atomic E-state index is 12.5. The second-order valence-corrected chi connectivity index (χ2v) is 7.71. The molecule has 170 valence electrons. The number of likely N-dealkylation sites (tertiary alicyclic amines) is 1. The first-order valence-corrected chi connectivity index (χ1v) is 10.8. The topological polar surface area (TPSA) is 89.8 Å². The van der Waals surface area contributed by atoms with Crippen LogP contribution < -0.4 is 18.9 Å². The number of fused-ring (bicyclic) bond motifs is 1. The summed E-state index contributed by atoms with van der Waals surface area (Å²) >= 11 is 0. The molecule has 4 rings (SSSR count).